The van der Waals surface area contributed by atoms with Crippen molar-refractivity contribution in [3.05, 3.63) is 75.5 Å². The molecule has 0 fully saturated rings. The summed E-state index contributed by atoms with van der Waals surface area (Å²) < 4.78 is 27.5. The van der Waals surface area contributed by atoms with Crippen molar-refractivity contribution in [2.75, 3.05) is 15.8 Å². The van der Waals surface area contributed by atoms with Gasteiger partial charge in [-0.15, -0.1) is 10.2 Å². The van der Waals surface area contributed by atoms with Crippen LogP contribution in [-0.4, -0.2) is 40.2 Å². The van der Waals surface area contributed by atoms with E-state index in [0.717, 1.165) is 23.1 Å². The van der Waals surface area contributed by atoms with Crippen LogP contribution in [0.15, 0.2) is 69.4 Å². The number of hydrogen-bond acceptors (Lipinski definition) is 10. The van der Waals surface area contributed by atoms with Crippen molar-refractivity contribution in [3.8, 4) is 17.3 Å². The number of sulfonamides is 1. The van der Waals surface area contributed by atoms with E-state index in [0.29, 0.717) is 22.7 Å². The van der Waals surface area contributed by atoms with Gasteiger partial charge in [-0.05, 0) is 30.7 Å². The molecule has 0 saturated carbocycles. The molecule has 2 aromatic carbocycles. The Kier molecular flexibility index (Phi) is 7.97. The minimum absolute atomic E-state index is 0.000853. The van der Waals surface area contributed by atoms with E-state index < -0.39 is 21.5 Å². The number of rotatable bonds is 9. The van der Waals surface area contributed by atoms with Crippen LogP contribution in [0.3, 0.4) is 0 Å². The van der Waals surface area contributed by atoms with Crippen LogP contribution in [0, 0.1) is 11.3 Å². The summed E-state index contributed by atoms with van der Waals surface area (Å²) in [6.07, 6.45) is 0.650. The number of anilines is 2. The largest absolute Gasteiger partial charge is 0.325 e. The van der Waals surface area contributed by atoms with Crippen molar-refractivity contribution in [3.63, 3.8) is 0 Å². The fourth-order valence-electron chi connectivity index (χ4n) is 3.09. The standard InChI is InChI=1S/C23H19N7O4S3/c1-2-19-28-29-23(36-19)30-37(33,34)16-10-8-15(9-11-16)25-18(31)13-35-22-26-20(14-6-4-3-5-7-14)17(12-24)21(32)27-22/h3-11H,2,13H2,1H3,(H,25,31)(H,29,30)(H,26,27,32). The average molecular weight is 554 g/mol. The third kappa shape index (κ3) is 6.39. The molecule has 4 aromatic rings. The van der Waals surface area contributed by atoms with E-state index in [9.17, 15) is 23.3 Å². The Labute approximate surface area is 220 Å². The molecule has 37 heavy (non-hydrogen) atoms. The minimum Gasteiger partial charge on any atom is -0.325 e. The summed E-state index contributed by atoms with van der Waals surface area (Å²) >= 11 is 2.15. The van der Waals surface area contributed by atoms with Gasteiger partial charge in [-0.25, -0.2) is 13.4 Å². The summed E-state index contributed by atoms with van der Waals surface area (Å²) in [4.78, 5) is 31.7. The van der Waals surface area contributed by atoms with Gasteiger partial charge in [-0.2, -0.15) is 5.26 Å². The molecule has 2 aromatic heterocycles. The maximum Gasteiger partial charge on any atom is 0.270 e. The highest BCUT2D eigenvalue weighted by atomic mass is 32.2. The molecule has 2 heterocycles. The number of nitriles is 1. The number of carbonyl (C=O) groups excluding carboxylic acids is 1. The van der Waals surface area contributed by atoms with Crippen LogP contribution in [0.25, 0.3) is 11.3 Å². The lowest BCUT2D eigenvalue weighted by atomic mass is 10.1. The number of hydrogen-bond donors (Lipinski definition) is 3. The smallest absolute Gasteiger partial charge is 0.270 e. The normalized spacial score (nSPS) is 11.0. The Morgan fingerprint density at radius 3 is 2.51 bits per heavy atom. The Balaban J connectivity index is 1.40. The monoisotopic (exact) mass is 553 g/mol. The van der Waals surface area contributed by atoms with Crippen molar-refractivity contribution in [2.45, 2.75) is 23.4 Å². The number of thioether (sulfide) groups is 1. The summed E-state index contributed by atoms with van der Waals surface area (Å²) in [5.74, 6) is -0.477. The molecule has 0 spiro atoms. The lowest BCUT2D eigenvalue weighted by molar-refractivity contribution is -0.113. The second kappa shape index (κ2) is 11.3. The first-order valence-electron chi connectivity index (χ1n) is 10.8. The molecular formula is C23H19N7O4S3. The molecule has 0 unspecified atom stereocenters. The van der Waals surface area contributed by atoms with Gasteiger partial charge in [0.05, 0.1) is 16.3 Å². The quantitative estimate of drug-likeness (QED) is 0.208. The molecule has 188 valence electrons. The fourth-order valence-corrected chi connectivity index (χ4v) is 5.66. The van der Waals surface area contributed by atoms with Gasteiger partial charge in [-0.1, -0.05) is 60.4 Å². The van der Waals surface area contributed by atoms with Crippen LogP contribution in [0.5, 0.6) is 0 Å². The van der Waals surface area contributed by atoms with E-state index in [-0.39, 0.29) is 32.2 Å². The Morgan fingerprint density at radius 2 is 1.86 bits per heavy atom. The minimum atomic E-state index is -3.86. The third-order valence-corrected chi connectivity index (χ3v) is 8.18. The van der Waals surface area contributed by atoms with Crippen molar-refractivity contribution < 1.29 is 13.2 Å². The molecule has 11 nitrogen and oxygen atoms in total. The lowest BCUT2D eigenvalue weighted by Gasteiger charge is -2.08. The van der Waals surface area contributed by atoms with Gasteiger partial charge >= 0.3 is 0 Å². The van der Waals surface area contributed by atoms with E-state index in [4.69, 9.17) is 0 Å². The zero-order valence-electron chi connectivity index (χ0n) is 19.3. The number of aromatic amines is 1. The van der Waals surface area contributed by atoms with Gasteiger partial charge in [0.25, 0.3) is 15.6 Å². The highest BCUT2D eigenvalue weighted by Crippen LogP contribution is 2.23. The van der Waals surface area contributed by atoms with Crippen LogP contribution in [0.1, 0.15) is 17.5 Å². The first-order chi connectivity index (χ1) is 17.8. The van der Waals surface area contributed by atoms with Crippen molar-refractivity contribution in [2.24, 2.45) is 0 Å². The van der Waals surface area contributed by atoms with Crippen LogP contribution >= 0.6 is 23.1 Å². The van der Waals surface area contributed by atoms with Crippen LogP contribution < -0.4 is 15.6 Å². The zero-order chi connectivity index (χ0) is 26.4. The number of nitrogens with zero attached hydrogens (tertiary/aromatic N) is 4. The van der Waals surface area contributed by atoms with Crippen molar-refractivity contribution in [1.82, 2.24) is 20.2 Å². The summed E-state index contributed by atoms with van der Waals surface area (Å²) in [7, 11) is -3.86. The molecule has 1 amide bonds. The summed E-state index contributed by atoms with van der Waals surface area (Å²) in [5.41, 5.74) is 0.531. The van der Waals surface area contributed by atoms with E-state index in [1.165, 1.54) is 24.3 Å². The number of H-pyrrole nitrogens is 1. The molecule has 0 atom stereocenters. The van der Waals surface area contributed by atoms with Gasteiger partial charge in [0.2, 0.25) is 11.0 Å². The molecule has 0 bridgehead atoms. The maximum absolute atomic E-state index is 12.6. The van der Waals surface area contributed by atoms with Crippen molar-refractivity contribution >= 4 is 49.8 Å². The van der Waals surface area contributed by atoms with Gasteiger partial charge in [-0.3, -0.25) is 14.3 Å². The molecule has 0 radical (unpaired) electrons. The lowest BCUT2D eigenvalue weighted by Crippen LogP contribution is -2.17. The number of aromatic nitrogens is 4. The fraction of sp³-hybridized carbons (Fsp3) is 0.130. The second-order valence-corrected chi connectivity index (χ2v) is 11.1. The highest BCUT2D eigenvalue weighted by molar-refractivity contribution is 7.99. The summed E-state index contributed by atoms with van der Waals surface area (Å²) in [6, 6.07) is 16.3. The summed E-state index contributed by atoms with van der Waals surface area (Å²) in [6.45, 7) is 1.90. The van der Waals surface area contributed by atoms with Crippen LogP contribution in [0.4, 0.5) is 10.8 Å². The maximum atomic E-state index is 12.6. The predicted octanol–water partition coefficient (Wildman–Crippen LogP) is 3.25. The van der Waals surface area contributed by atoms with E-state index >= 15 is 0 Å². The van der Waals surface area contributed by atoms with Gasteiger partial charge < -0.3 is 10.3 Å². The number of aryl methyl sites for hydroxylation is 1. The molecule has 0 aliphatic carbocycles. The highest BCUT2D eigenvalue weighted by Gasteiger charge is 2.18. The zero-order valence-corrected chi connectivity index (χ0v) is 21.7. The van der Waals surface area contributed by atoms with E-state index in [1.54, 1.807) is 24.3 Å². The van der Waals surface area contributed by atoms with E-state index in [2.05, 4.69) is 30.2 Å². The Morgan fingerprint density at radius 1 is 1.14 bits per heavy atom. The van der Waals surface area contributed by atoms with Gasteiger partial charge in [0.15, 0.2) is 5.16 Å². The first-order valence-corrected chi connectivity index (χ1v) is 14.1. The topological polar surface area (TPSA) is 171 Å². The number of nitrogens with one attached hydrogen (secondary N) is 3. The van der Waals surface area contributed by atoms with Gasteiger partial charge in [0, 0.05) is 11.3 Å². The Hall–Kier alpha value is -4.06. The number of amides is 1. The predicted molar refractivity (Wildman–Crippen MR) is 141 cm³/mol. The molecule has 0 aliphatic heterocycles. The average Bonchev–Trinajstić information content (AvgIpc) is 3.35. The molecule has 0 saturated heterocycles. The second-order valence-electron chi connectivity index (χ2n) is 7.39. The van der Waals surface area contributed by atoms with Gasteiger partial charge in [0.1, 0.15) is 16.6 Å². The van der Waals surface area contributed by atoms with E-state index in [1.807, 2.05) is 19.1 Å². The number of benzene rings is 2. The van der Waals surface area contributed by atoms with Crippen LogP contribution in [0.2, 0.25) is 0 Å². The molecular weight excluding hydrogens is 534 g/mol. The molecule has 14 heteroatoms. The molecule has 4 rings (SSSR count). The first kappa shape index (κ1) is 26.0. The third-order valence-electron chi connectivity index (χ3n) is 4.84. The molecule has 3 N–H and O–H groups in total. The van der Waals surface area contributed by atoms with Crippen LogP contribution in [-0.2, 0) is 21.2 Å². The summed E-state index contributed by atoms with van der Waals surface area (Å²) in [5, 5.41) is 20.8. The number of carbonyl (C=O) groups is 1. The SMILES string of the molecule is CCc1nnc(NS(=O)(=O)c2ccc(NC(=O)CSc3nc(-c4ccccc4)c(C#N)c(=O)[nH]3)cc2)s1. The van der Waals surface area contributed by atoms with Crippen molar-refractivity contribution in [1.29, 1.82) is 5.26 Å². The Bertz CT molecular complexity index is 1630. The molecule has 0 aliphatic rings.